The maximum atomic E-state index is 12.4. The van der Waals surface area contributed by atoms with Crippen LogP contribution in [0.2, 0.25) is 0 Å². The van der Waals surface area contributed by atoms with E-state index in [1.54, 1.807) is 17.8 Å². The molecule has 1 N–H and O–H groups in total. The molecular formula is C16H20O2S2. The number of benzene rings is 1. The van der Waals surface area contributed by atoms with Crippen molar-refractivity contribution in [3.8, 4) is 0 Å². The van der Waals surface area contributed by atoms with E-state index in [2.05, 4.69) is 0 Å². The van der Waals surface area contributed by atoms with Crippen molar-refractivity contribution in [2.24, 2.45) is 0 Å². The third kappa shape index (κ3) is 3.43. The highest BCUT2D eigenvalue weighted by Crippen LogP contribution is 2.39. The van der Waals surface area contributed by atoms with E-state index in [0.717, 1.165) is 17.7 Å². The third-order valence-electron chi connectivity index (χ3n) is 3.24. The summed E-state index contributed by atoms with van der Waals surface area (Å²) in [5, 5.41) is 10.5. The van der Waals surface area contributed by atoms with Gasteiger partial charge in [0.05, 0.1) is 0 Å². The zero-order valence-electron chi connectivity index (χ0n) is 11.6. The number of rotatable bonds is 4. The van der Waals surface area contributed by atoms with Gasteiger partial charge in [0.25, 0.3) is 0 Å². The summed E-state index contributed by atoms with van der Waals surface area (Å²) < 4.78 is 11.7. The highest BCUT2D eigenvalue weighted by molar-refractivity contribution is 8.13. The lowest BCUT2D eigenvalue weighted by Crippen LogP contribution is -2.44. The molecule has 0 amide bonds. The lowest BCUT2D eigenvalue weighted by molar-refractivity contribution is 0.221. The number of hydrogen-bond acceptors (Lipinski definition) is 3. The highest BCUT2D eigenvalue weighted by Gasteiger charge is 2.42. The van der Waals surface area contributed by atoms with E-state index in [9.17, 15) is 9.32 Å². The van der Waals surface area contributed by atoms with Crippen LogP contribution in [0.4, 0.5) is 0 Å². The van der Waals surface area contributed by atoms with Gasteiger partial charge in [0.2, 0.25) is 0 Å². The van der Waals surface area contributed by atoms with Crippen LogP contribution in [-0.2, 0) is 10.8 Å². The molecule has 1 unspecified atom stereocenters. The summed E-state index contributed by atoms with van der Waals surface area (Å²) in [5.74, 6) is 1.60. The Kier molecular flexibility index (Phi) is 5.64. The van der Waals surface area contributed by atoms with Crippen LogP contribution in [0.15, 0.2) is 48.6 Å². The molecule has 1 aromatic carbocycles. The number of aliphatic hydroxyl groups is 1. The first-order valence-electron chi connectivity index (χ1n) is 6.76. The van der Waals surface area contributed by atoms with Crippen LogP contribution in [0, 0.1) is 0 Å². The van der Waals surface area contributed by atoms with Gasteiger partial charge in [-0.1, -0.05) is 54.6 Å². The summed E-state index contributed by atoms with van der Waals surface area (Å²) in [6, 6.07) is 9.84. The Morgan fingerprint density at radius 2 is 2.15 bits per heavy atom. The van der Waals surface area contributed by atoms with E-state index in [4.69, 9.17) is 0 Å². The average molecular weight is 308 g/mol. The molecule has 2 rings (SSSR count). The van der Waals surface area contributed by atoms with E-state index < -0.39 is 21.0 Å². The average Bonchev–Trinajstić information content (AvgIpc) is 2.48. The Morgan fingerprint density at radius 3 is 2.80 bits per heavy atom. The molecule has 1 heterocycles. The second-order valence-corrected chi connectivity index (χ2v) is 8.09. The topological polar surface area (TPSA) is 37.3 Å². The van der Waals surface area contributed by atoms with Crippen LogP contribution in [0.3, 0.4) is 0 Å². The van der Waals surface area contributed by atoms with Crippen molar-refractivity contribution in [2.45, 2.75) is 23.5 Å². The quantitative estimate of drug-likeness (QED) is 0.868. The molecule has 1 aromatic rings. The van der Waals surface area contributed by atoms with Crippen LogP contribution in [0.25, 0.3) is 6.08 Å². The van der Waals surface area contributed by atoms with Gasteiger partial charge in [-0.3, -0.25) is 4.21 Å². The first kappa shape index (κ1) is 15.5. The molecule has 3 atom stereocenters. The number of allylic oxidation sites excluding steroid dienone is 1. The standard InChI is InChI=1S/C16H20O2S2/c1-2-11-16(19-12-6-13-20(16)18)15(17)10-9-14-7-4-3-5-8-14/h2-5,7-11,15,17H,6,12-13H2,1H3/b10-9+,11-2+/t15-,16-,20?/m1/s1. The Bertz CT molecular complexity index is 510. The monoisotopic (exact) mass is 308 g/mol. The zero-order valence-corrected chi connectivity index (χ0v) is 13.2. The molecule has 0 saturated carbocycles. The number of aliphatic hydroxyl groups excluding tert-OH is 1. The molecule has 1 fully saturated rings. The summed E-state index contributed by atoms with van der Waals surface area (Å²) >= 11 is 1.60. The van der Waals surface area contributed by atoms with Crippen molar-refractivity contribution in [1.29, 1.82) is 0 Å². The van der Waals surface area contributed by atoms with Crippen molar-refractivity contribution in [1.82, 2.24) is 0 Å². The van der Waals surface area contributed by atoms with Gasteiger partial charge in [-0.15, -0.1) is 11.8 Å². The molecule has 1 aliphatic rings. The Balaban J connectivity index is 2.21. The van der Waals surface area contributed by atoms with Gasteiger partial charge in [0.15, 0.2) is 0 Å². The molecule has 4 heteroatoms. The summed E-state index contributed by atoms with van der Waals surface area (Å²) in [5.41, 5.74) is 1.04. The lowest BCUT2D eigenvalue weighted by atomic mass is 10.1. The molecule has 2 nitrogen and oxygen atoms in total. The molecule has 0 radical (unpaired) electrons. The Hall–Kier alpha value is -0.840. The van der Waals surface area contributed by atoms with E-state index in [1.807, 2.05) is 55.5 Å². The van der Waals surface area contributed by atoms with E-state index in [-0.39, 0.29) is 0 Å². The molecule has 0 spiro atoms. The van der Waals surface area contributed by atoms with Crippen molar-refractivity contribution in [3.05, 3.63) is 54.1 Å². The fourth-order valence-electron chi connectivity index (χ4n) is 2.22. The van der Waals surface area contributed by atoms with Gasteiger partial charge in [0, 0.05) is 16.6 Å². The summed E-state index contributed by atoms with van der Waals surface area (Å²) in [4.78, 5) is 0. The number of thioether (sulfide) groups is 1. The minimum atomic E-state index is -1.05. The molecule has 1 saturated heterocycles. The number of hydrogen-bond donors (Lipinski definition) is 1. The van der Waals surface area contributed by atoms with Gasteiger partial charge in [-0.05, 0) is 24.7 Å². The molecule has 0 aromatic heterocycles. The SMILES string of the molecule is C/C=C/[C@@]1([C@H](O)/C=C/c2ccccc2)SCCCS1=O. The summed E-state index contributed by atoms with van der Waals surface area (Å²) in [6.07, 6.45) is 7.63. The maximum absolute atomic E-state index is 12.4. The summed E-state index contributed by atoms with van der Waals surface area (Å²) in [6.45, 7) is 1.90. The predicted octanol–water partition coefficient (Wildman–Crippen LogP) is 3.22. The molecule has 20 heavy (non-hydrogen) atoms. The van der Waals surface area contributed by atoms with Crippen molar-refractivity contribution in [3.63, 3.8) is 0 Å². The molecule has 1 aliphatic heterocycles. The van der Waals surface area contributed by atoms with E-state index >= 15 is 0 Å². The largest absolute Gasteiger partial charge is 0.386 e. The predicted molar refractivity (Wildman–Crippen MR) is 89.1 cm³/mol. The highest BCUT2D eigenvalue weighted by atomic mass is 32.2. The third-order valence-corrected chi connectivity index (χ3v) is 7.22. The van der Waals surface area contributed by atoms with Crippen LogP contribution in [0.5, 0.6) is 0 Å². The maximum Gasteiger partial charge on any atom is 0.138 e. The zero-order chi connectivity index (χ0) is 14.4. The van der Waals surface area contributed by atoms with Crippen LogP contribution >= 0.6 is 11.8 Å². The lowest BCUT2D eigenvalue weighted by Gasteiger charge is -2.35. The minimum Gasteiger partial charge on any atom is -0.386 e. The van der Waals surface area contributed by atoms with Crippen molar-refractivity contribution in [2.75, 3.05) is 11.5 Å². The molecular weight excluding hydrogens is 288 g/mol. The fourth-order valence-corrected chi connectivity index (χ4v) is 5.88. The van der Waals surface area contributed by atoms with Gasteiger partial charge >= 0.3 is 0 Å². The van der Waals surface area contributed by atoms with Gasteiger partial charge < -0.3 is 5.11 Å². The fraction of sp³-hybridized carbons (Fsp3) is 0.375. The van der Waals surface area contributed by atoms with Crippen LogP contribution < -0.4 is 0 Å². The molecule has 0 aliphatic carbocycles. The normalized spacial score (nSPS) is 29.0. The first-order chi connectivity index (χ1) is 9.69. The Morgan fingerprint density at radius 1 is 1.40 bits per heavy atom. The molecule has 108 valence electrons. The summed E-state index contributed by atoms with van der Waals surface area (Å²) in [7, 11) is -1.05. The second-order valence-electron chi connectivity index (χ2n) is 4.69. The van der Waals surface area contributed by atoms with Gasteiger partial charge in [-0.2, -0.15) is 0 Å². The second kappa shape index (κ2) is 7.25. The Labute approximate surface area is 127 Å². The minimum absolute atomic E-state index is 0.660. The van der Waals surface area contributed by atoms with Gasteiger partial charge in [-0.25, -0.2) is 0 Å². The first-order valence-corrected chi connectivity index (χ1v) is 9.07. The smallest absolute Gasteiger partial charge is 0.138 e. The van der Waals surface area contributed by atoms with E-state index in [1.165, 1.54) is 0 Å². The molecule has 0 bridgehead atoms. The van der Waals surface area contributed by atoms with Crippen LogP contribution in [-0.4, -0.2) is 31.0 Å². The van der Waals surface area contributed by atoms with Gasteiger partial charge in [0.1, 0.15) is 10.2 Å². The van der Waals surface area contributed by atoms with Crippen molar-refractivity contribution < 1.29 is 9.32 Å². The van der Waals surface area contributed by atoms with Crippen LogP contribution in [0.1, 0.15) is 18.9 Å². The van der Waals surface area contributed by atoms with E-state index in [0.29, 0.717) is 5.75 Å². The van der Waals surface area contributed by atoms with Crippen molar-refractivity contribution >= 4 is 28.6 Å².